The highest BCUT2D eigenvalue weighted by Crippen LogP contribution is 2.36. The van der Waals surface area contributed by atoms with Crippen molar-refractivity contribution in [2.45, 2.75) is 32.8 Å². The Morgan fingerprint density at radius 3 is 2.67 bits per heavy atom. The molecule has 0 spiro atoms. The zero-order valence-electron chi connectivity index (χ0n) is 20.4. The zero-order valence-corrected chi connectivity index (χ0v) is 22.1. The van der Waals surface area contributed by atoms with Crippen LogP contribution in [-0.2, 0) is 9.53 Å². The molecule has 1 amide bonds. The number of amides is 1. The number of ether oxygens (including phenoxy) is 2. The van der Waals surface area contributed by atoms with Gasteiger partial charge in [-0.05, 0) is 61.2 Å². The van der Waals surface area contributed by atoms with Crippen LogP contribution in [0, 0.1) is 5.92 Å². The molecule has 6 nitrogen and oxygen atoms in total. The van der Waals surface area contributed by atoms with Gasteiger partial charge in [0.1, 0.15) is 10.1 Å². The lowest BCUT2D eigenvalue weighted by atomic mass is 10.1. The molecule has 3 heterocycles. The van der Waals surface area contributed by atoms with Crippen molar-refractivity contribution < 1.29 is 14.3 Å². The minimum atomic E-state index is -0.0728. The average Bonchev–Trinajstić information content (AvgIpc) is 3.61. The highest BCUT2D eigenvalue weighted by Gasteiger charge is 2.35. The van der Waals surface area contributed by atoms with Crippen molar-refractivity contribution in [2.24, 2.45) is 5.92 Å². The molecule has 1 aromatic heterocycles. The Labute approximate surface area is 221 Å². The van der Waals surface area contributed by atoms with E-state index in [4.69, 9.17) is 26.8 Å². The molecule has 2 aromatic carbocycles. The van der Waals surface area contributed by atoms with Gasteiger partial charge < -0.3 is 9.47 Å². The molecule has 0 aliphatic carbocycles. The summed E-state index contributed by atoms with van der Waals surface area (Å²) in [5.41, 5.74) is 3.54. The molecule has 8 heteroatoms. The standard InChI is InChI=1S/C28H29N3O3S2/c1-19(2)18-34-23-12-10-20(11-13-23)26-21(16-31(29-26)22-7-4-3-5-8-22)15-25-27(32)30(28(35)36-25)17-24-9-6-14-33-24/h3-5,7-8,10-13,15-16,19,24H,6,9,14,17-18H2,1-2H3/b25-15+. The Morgan fingerprint density at radius 2 is 1.97 bits per heavy atom. The van der Waals surface area contributed by atoms with E-state index in [9.17, 15) is 4.79 Å². The van der Waals surface area contributed by atoms with Gasteiger partial charge in [-0.15, -0.1) is 0 Å². The number of carbonyl (C=O) groups is 1. The van der Waals surface area contributed by atoms with Crippen LogP contribution in [0.5, 0.6) is 5.75 Å². The Morgan fingerprint density at radius 1 is 1.19 bits per heavy atom. The summed E-state index contributed by atoms with van der Waals surface area (Å²) >= 11 is 6.88. The molecule has 0 radical (unpaired) electrons. The lowest BCUT2D eigenvalue weighted by molar-refractivity contribution is -0.123. The fourth-order valence-electron chi connectivity index (χ4n) is 4.19. The molecule has 5 rings (SSSR count). The number of benzene rings is 2. The summed E-state index contributed by atoms with van der Waals surface area (Å²) in [6, 6.07) is 17.9. The summed E-state index contributed by atoms with van der Waals surface area (Å²) in [5, 5.41) is 4.89. The van der Waals surface area contributed by atoms with E-state index < -0.39 is 0 Å². The highest BCUT2D eigenvalue weighted by molar-refractivity contribution is 8.26. The summed E-state index contributed by atoms with van der Waals surface area (Å²) in [6.07, 6.45) is 5.90. The third-order valence-corrected chi connectivity index (χ3v) is 7.42. The summed E-state index contributed by atoms with van der Waals surface area (Å²) < 4.78 is 14.0. The molecule has 1 unspecified atom stereocenters. The SMILES string of the molecule is CC(C)COc1ccc(-c2nn(-c3ccccc3)cc2/C=C2/SC(=S)N(CC3CCCO3)C2=O)cc1. The van der Waals surface area contributed by atoms with E-state index in [1.54, 1.807) is 4.90 Å². The normalized spacial score (nSPS) is 19.1. The van der Waals surface area contributed by atoms with Gasteiger partial charge in [0, 0.05) is 23.9 Å². The number of thiocarbonyl (C=S) groups is 1. The molecule has 0 bridgehead atoms. The van der Waals surface area contributed by atoms with Crippen LogP contribution in [0.1, 0.15) is 32.3 Å². The summed E-state index contributed by atoms with van der Waals surface area (Å²) in [6.45, 7) is 6.18. The highest BCUT2D eigenvalue weighted by atomic mass is 32.2. The molecule has 2 aliphatic rings. The second-order valence-corrected chi connectivity index (χ2v) is 11.0. The first-order chi connectivity index (χ1) is 17.5. The van der Waals surface area contributed by atoms with Crippen LogP contribution in [0.4, 0.5) is 0 Å². The van der Waals surface area contributed by atoms with Gasteiger partial charge in [0.05, 0.1) is 35.5 Å². The summed E-state index contributed by atoms with van der Waals surface area (Å²) in [4.78, 5) is 15.5. The molecule has 2 fully saturated rings. The molecule has 186 valence electrons. The van der Waals surface area contributed by atoms with E-state index in [1.165, 1.54) is 11.8 Å². The maximum absolute atomic E-state index is 13.3. The molecule has 2 saturated heterocycles. The van der Waals surface area contributed by atoms with Gasteiger partial charge >= 0.3 is 0 Å². The average molecular weight is 520 g/mol. The van der Waals surface area contributed by atoms with Gasteiger partial charge in [-0.25, -0.2) is 4.68 Å². The monoisotopic (exact) mass is 519 g/mol. The van der Waals surface area contributed by atoms with Crippen molar-refractivity contribution in [1.82, 2.24) is 14.7 Å². The lowest BCUT2D eigenvalue weighted by Crippen LogP contribution is -2.35. The number of thioether (sulfide) groups is 1. The third kappa shape index (κ3) is 5.56. The molecule has 1 atom stereocenters. The predicted octanol–water partition coefficient (Wildman–Crippen LogP) is 5.95. The largest absolute Gasteiger partial charge is 0.493 e. The minimum Gasteiger partial charge on any atom is -0.493 e. The first kappa shape index (κ1) is 24.7. The second kappa shape index (κ2) is 11.0. The van der Waals surface area contributed by atoms with Crippen molar-refractivity contribution in [2.75, 3.05) is 19.8 Å². The van der Waals surface area contributed by atoms with Crippen LogP contribution in [0.15, 0.2) is 65.7 Å². The predicted molar refractivity (Wildman–Crippen MR) is 148 cm³/mol. The number of aromatic nitrogens is 2. The number of nitrogens with zero attached hydrogens (tertiary/aromatic N) is 3. The maximum atomic E-state index is 13.3. The molecular formula is C28H29N3O3S2. The van der Waals surface area contributed by atoms with Gasteiger partial charge in [0.25, 0.3) is 5.91 Å². The van der Waals surface area contributed by atoms with E-state index in [0.717, 1.165) is 47.7 Å². The maximum Gasteiger partial charge on any atom is 0.266 e. The van der Waals surface area contributed by atoms with Gasteiger partial charge in [-0.2, -0.15) is 5.10 Å². The number of rotatable bonds is 8. The van der Waals surface area contributed by atoms with Crippen LogP contribution < -0.4 is 4.74 Å². The smallest absolute Gasteiger partial charge is 0.266 e. The number of hydrogen-bond donors (Lipinski definition) is 0. The van der Waals surface area contributed by atoms with Gasteiger partial charge in [-0.1, -0.05) is 56.0 Å². The van der Waals surface area contributed by atoms with Gasteiger partial charge in [0.2, 0.25) is 0 Å². The van der Waals surface area contributed by atoms with Crippen LogP contribution in [-0.4, -0.2) is 50.8 Å². The Hall–Kier alpha value is -2.94. The molecule has 3 aromatic rings. The molecule has 2 aliphatic heterocycles. The fraction of sp³-hybridized carbons (Fsp3) is 0.321. The van der Waals surface area contributed by atoms with E-state index in [2.05, 4.69) is 13.8 Å². The van der Waals surface area contributed by atoms with Crippen molar-refractivity contribution >= 4 is 40.3 Å². The van der Waals surface area contributed by atoms with Crippen molar-refractivity contribution in [3.63, 3.8) is 0 Å². The number of carbonyl (C=O) groups excluding carboxylic acids is 1. The fourth-order valence-corrected chi connectivity index (χ4v) is 5.46. The number of hydrogen-bond acceptors (Lipinski definition) is 6. The van der Waals surface area contributed by atoms with E-state index in [0.29, 0.717) is 28.3 Å². The molecule has 0 saturated carbocycles. The first-order valence-corrected chi connectivity index (χ1v) is 13.5. The van der Waals surface area contributed by atoms with Crippen LogP contribution in [0.2, 0.25) is 0 Å². The van der Waals surface area contributed by atoms with Crippen molar-refractivity contribution in [3.05, 3.63) is 71.3 Å². The van der Waals surface area contributed by atoms with E-state index in [-0.39, 0.29) is 12.0 Å². The first-order valence-electron chi connectivity index (χ1n) is 12.2. The van der Waals surface area contributed by atoms with E-state index >= 15 is 0 Å². The van der Waals surface area contributed by atoms with Crippen LogP contribution in [0.25, 0.3) is 23.0 Å². The van der Waals surface area contributed by atoms with Gasteiger partial charge in [-0.3, -0.25) is 9.69 Å². The quantitative estimate of drug-likeness (QED) is 0.271. The Bertz CT molecular complexity index is 1260. The Balaban J connectivity index is 1.46. The second-order valence-electron chi connectivity index (χ2n) is 9.37. The Kier molecular flexibility index (Phi) is 7.55. The lowest BCUT2D eigenvalue weighted by Gasteiger charge is -2.18. The van der Waals surface area contributed by atoms with Crippen molar-refractivity contribution in [3.8, 4) is 22.7 Å². The summed E-state index contributed by atoms with van der Waals surface area (Å²) in [7, 11) is 0. The molecular weight excluding hydrogens is 490 g/mol. The minimum absolute atomic E-state index is 0.0553. The zero-order chi connectivity index (χ0) is 25.1. The van der Waals surface area contributed by atoms with Crippen LogP contribution in [0.3, 0.4) is 0 Å². The topological polar surface area (TPSA) is 56.6 Å². The summed E-state index contributed by atoms with van der Waals surface area (Å²) in [5.74, 6) is 1.21. The molecule has 36 heavy (non-hydrogen) atoms. The van der Waals surface area contributed by atoms with Crippen LogP contribution >= 0.6 is 24.0 Å². The third-order valence-electron chi connectivity index (χ3n) is 6.04. The van der Waals surface area contributed by atoms with E-state index in [1.807, 2.05) is 71.6 Å². The molecule has 0 N–H and O–H groups in total. The number of para-hydroxylation sites is 1. The van der Waals surface area contributed by atoms with Gasteiger partial charge in [0.15, 0.2) is 0 Å². The van der Waals surface area contributed by atoms with Crippen molar-refractivity contribution in [1.29, 1.82) is 0 Å².